The van der Waals surface area contributed by atoms with Gasteiger partial charge in [-0.3, -0.25) is 4.79 Å². The van der Waals surface area contributed by atoms with Gasteiger partial charge in [-0.15, -0.1) is 11.3 Å². The Morgan fingerprint density at radius 3 is 2.90 bits per heavy atom. The van der Waals surface area contributed by atoms with E-state index in [1.807, 2.05) is 0 Å². The quantitative estimate of drug-likeness (QED) is 0.747. The zero-order chi connectivity index (χ0) is 21.8. The van der Waals surface area contributed by atoms with E-state index in [1.165, 1.54) is 21.7 Å². The number of nitrogens with zero attached hydrogens (tertiary/aromatic N) is 1. The van der Waals surface area contributed by atoms with Gasteiger partial charge < -0.3 is 14.8 Å². The second kappa shape index (κ2) is 7.88. The number of sulfonamides is 1. The second-order valence-corrected chi connectivity index (χ2v) is 11.5. The topological polar surface area (TPSA) is 84.9 Å². The zero-order valence-electron chi connectivity index (χ0n) is 17.6. The summed E-state index contributed by atoms with van der Waals surface area (Å²) < 4.78 is 40.1. The third-order valence-corrected chi connectivity index (χ3v) is 9.50. The van der Waals surface area contributed by atoms with E-state index in [2.05, 4.69) is 16.8 Å². The van der Waals surface area contributed by atoms with E-state index in [9.17, 15) is 13.2 Å². The molecule has 31 heavy (non-hydrogen) atoms. The lowest BCUT2D eigenvalue weighted by Crippen LogP contribution is -2.38. The van der Waals surface area contributed by atoms with Crippen molar-refractivity contribution >= 4 is 33.0 Å². The normalized spacial score (nSPS) is 25.3. The molecule has 0 saturated heterocycles. The van der Waals surface area contributed by atoms with E-state index >= 15 is 0 Å². The van der Waals surface area contributed by atoms with E-state index in [-0.39, 0.29) is 36.2 Å². The van der Waals surface area contributed by atoms with Crippen molar-refractivity contribution < 1.29 is 22.7 Å². The molecule has 2 aromatic rings. The monoisotopic (exact) mass is 462 g/mol. The van der Waals surface area contributed by atoms with Gasteiger partial charge in [-0.05, 0) is 54.5 Å². The predicted octanol–water partition coefficient (Wildman–Crippen LogP) is 3.81. The number of anilines is 1. The van der Waals surface area contributed by atoms with Crippen molar-refractivity contribution in [1.82, 2.24) is 4.31 Å². The minimum atomic E-state index is -3.79. The lowest BCUT2D eigenvalue weighted by molar-refractivity contribution is -0.118. The summed E-state index contributed by atoms with van der Waals surface area (Å²) >= 11 is 1.76. The fourth-order valence-electron chi connectivity index (χ4n) is 4.87. The van der Waals surface area contributed by atoms with E-state index < -0.39 is 10.0 Å². The number of carbonyl (C=O) groups excluding carboxylic acids is 1. The third-order valence-electron chi connectivity index (χ3n) is 6.47. The molecule has 0 spiro atoms. The number of rotatable bonds is 4. The number of benzene rings is 1. The van der Waals surface area contributed by atoms with Crippen LogP contribution in [0, 0.1) is 6.92 Å². The molecular weight excluding hydrogens is 436 g/mol. The Kier molecular flexibility index (Phi) is 5.32. The Morgan fingerprint density at radius 2 is 2.06 bits per heavy atom. The van der Waals surface area contributed by atoms with Crippen LogP contribution >= 0.6 is 11.3 Å². The van der Waals surface area contributed by atoms with Crippen LogP contribution in [0.3, 0.4) is 0 Å². The van der Waals surface area contributed by atoms with Crippen molar-refractivity contribution in [3.8, 4) is 5.75 Å². The van der Waals surface area contributed by atoms with Gasteiger partial charge in [-0.1, -0.05) is 12.8 Å². The lowest BCUT2D eigenvalue weighted by Gasteiger charge is -2.40. The Balaban J connectivity index is 1.42. The number of thiophene rings is 1. The molecule has 0 radical (unpaired) electrons. The SMILES string of the molecule is Cc1cc2c(cc1S(=O)(=O)N(C)C[C@@H]1O[C@H]3CCCC[C@@H]3c3sccc31)NC(=O)CO2. The molecule has 166 valence electrons. The molecule has 2 aliphatic heterocycles. The maximum atomic E-state index is 13.4. The maximum Gasteiger partial charge on any atom is 0.262 e. The number of nitrogens with one attached hydrogen (secondary N) is 1. The van der Waals surface area contributed by atoms with Crippen LogP contribution in [0.4, 0.5) is 5.69 Å². The third kappa shape index (κ3) is 3.67. The van der Waals surface area contributed by atoms with Gasteiger partial charge in [0, 0.05) is 24.4 Å². The average Bonchev–Trinajstić information content (AvgIpc) is 3.24. The maximum absolute atomic E-state index is 13.4. The molecule has 1 aromatic carbocycles. The molecule has 0 unspecified atom stereocenters. The summed E-state index contributed by atoms with van der Waals surface area (Å²) in [6.07, 6.45) is 4.43. The number of aryl methyl sites for hydroxylation is 1. The molecule has 3 heterocycles. The number of hydrogen-bond donors (Lipinski definition) is 1. The highest BCUT2D eigenvalue weighted by molar-refractivity contribution is 7.89. The number of carbonyl (C=O) groups is 1. The van der Waals surface area contributed by atoms with Gasteiger partial charge in [0.15, 0.2) is 6.61 Å². The highest BCUT2D eigenvalue weighted by Crippen LogP contribution is 2.47. The van der Waals surface area contributed by atoms with Crippen LogP contribution in [0.15, 0.2) is 28.5 Å². The summed E-state index contributed by atoms with van der Waals surface area (Å²) in [6.45, 7) is 1.92. The van der Waals surface area contributed by atoms with Gasteiger partial charge in [0.2, 0.25) is 10.0 Å². The van der Waals surface area contributed by atoms with E-state index in [0.717, 1.165) is 24.8 Å². The summed E-state index contributed by atoms with van der Waals surface area (Å²) in [6, 6.07) is 5.23. The van der Waals surface area contributed by atoms with Crippen molar-refractivity contribution in [3.63, 3.8) is 0 Å². The molecular formula is C22H26N2O5S2. The Labute approximate surface area is 186 Å². The fourth-order valence-corrected chi connectivity index (χ4v) is 7.41. The summed E-state index contributed by atoms with van der Waals surface area (Å²) in [4.78, 5) is 13.2. The Hall–Kier alpha value is -1.94. The lowest BCUT2D eigenvalue weighted by atomic mass is 9.81. The first-order chi connectivity index (χ1) is 14.8. The highest BCUT2D eigenvalue weighted by atomic mass is 32.2. The summed E-state index contributed by atoms with van der Waals surface area (Å²) in [5.74, 6) is 0.629. The molecule has 0 bridgehead atoms. The van der Waals surface area contributed by atoms with Gasteiger partial charge in [0.05, 0.1) is 22.8 Å². The van der Waals surface area contributed by atoms with Crippen LogP contribution < -0.4 is 10.1 Å². The average molecular weight is 463 g/mol. The molecule has 3 atom stereocenters. The Morgan fingerprint density at radius 1 is 1.26 bits per heavy atom. The van der Waals surface area contributed by atoms with Gasteiger partial charge in [0.25, 0.3) is 5.91 Å². The largest absolute Gasteiger partial charge is 0.482 e. The molecule has 1 fully saturated rings. The molecule has 9 heteroatoms. The van der Waals surface area contributed by atoms with Crippen molar-refractivity contribution in [2.75, 3.05) is 25.5 Å². The van der Waals surface area contributed by atoms with Gasteiger partial charge >= 0.3 is 0 Å². The van der Waals surface area contributed by atoms with Crippen molar-refractivity contribution in [1.29, 1.82) is 0 Å². The minimum Gasteiger partial charge on any atom is -0.482 e. The molecule has 1 N–H and O–H groups in total. The van der Waals surface area contributed by atoms with Gasteiger partial charge in [0.1, 0.15) is 5.75 Å². The second-order valence-electron chi connectivity index (χ2n) is 8.53. The molecule has 1 aliphatic carbocycles. The molecule has 7 nitrogen and oxygen atoms in total. The van der Waals surface area contributed by atoms with Crippen LogP contribution in [0.5, 0.6) is 5.75 Å². The molecule has 5 rings (SSSR count). The number of hydrogen-bond acceptors (Lipinski definition) is 6. The van der Waals surface area contributed by atoms with E-state index in [4.69, 9.17) is 9.47 Å². The number of likely N-dealkylation sites (N-methyl/N-ethyl adjacent to an activating group) is 1. The van der Waals surface area contributed by atoms with Gasteiger partial charge in [-0.25, -0.2) is 8.42 Å². The van der Waals surface area contributed by atoms with Crippen LogP contribution in [-0.4, -0.2) is 44.9 Å². The first-order valence-electron chi connectivity index (χ1n) is 10.6. The van der Waals surface area contributed by atoms with Crippen LogP contribution in [0.1, 0.15) is 53.7 Å². The Bertz CT molecular complexity index is 1130. The van der Waals surface area contributed by atoms with E-state index in [1.54, 1.807) is 31.4 Å². The first kappa shape index (κ1) is 20.9. The minimum absolute atomic E-state index is 0.0669. The molecule has 3 aliphatic rings. The summed E-state index contributed by atoms with van der Waals surface area (Å²) in [5, 5.41) is 4.78. The van der Waals surface area contributed by atoms with Crippen LogP contribution in [0.25, 0.3) is 0 Å². The predicted molar refractivity (Wildman–Crippen MR) is 118 cm³/mol. The van der Waals surface area contributed by atoms with Crippen molar-refractivity contribution in [2.45, 2.75) is 55.6 Å². The standard InChI is InChI=1S/C22H26N2O5S2/c1-13-9-18-16(23-21(25)12-28-18)10-20(13)31(26,27)24(2)11-19-15-7-8-30-22(15)14-5-3-4-6-17(14)29-19/h7-10,14,17,19H,3-6,11-12H2,1-2H3,(H,23,25)/t14-,17-,19-/m0/s1. The summed E-state index contributed by atoms with van der Waals surface area (Å²) in [7, 11) is -2.20. The smallest absolute Gasteiger partial charge is 0.262 e. The number of ether oxygens (including phenoxy) is 2. The highest BCUT2D eigenvalue weighted by Gasteiger charge is 2.39. The number of fused-ring (bicyclic) bond motifs is 4. The van der Waals surface area contributed by atoms with Crippen molar-refractivity contribution in [3.05, 3.63) is 39.6 Å². The molecule has 1 aromatic heterocycles. The van der Waals surface area contributed by atoms with Crippen molar-refractivity contribution in [2.24, 2.45) is 0 Å². The van der Waals surface area contributed by atoms with Crippen LogP contribution in [0.2, 0.25) is 0 Å². The number of amides is 1. The summed E-state index contributed by atoms with van der Waals surface area (Å²) in [5.41, 5.74) is 2.08. The van der Waals surface area contributed by atoms with E-state index in [0.29, 0.717) is 22.9 Å². The van der Waals surface area contributed by atoms with Crippen LogP contribution in [-0.2, 0) is 19.6 Å². The fraction of sp³-hybridized carbons (Fsp3) is 0.500. The van der Waals surface area contributed by atoms with Gasteiger partial charge in [-0.2, -0.15) is 4.31 Å². The zero-order valence-corrected chi connectivity index (χ0v) is 19.2. The first-order valence-corrected chi connectivity index (χ1v) is 12.9. The molecule has 1 saturated carbocycles. The molecule has 1 amide bonds.